The van der Waals surface area contributed by atoms with Gasteiger partial charge in [-0.3, -0.25) is 0 Å². The van der Waals surface area contributed by atoms with Gasteiger partial charge in [-0.15, -0.1) is 0 Å². The Bertz CT molecular complexity index is 503. The molecule has 0 saturated heterocycles. The Morgan fingerprint density at radius 1 is 1.33 bits per heavy atom. The van der Waals surface area contributed by atoms with Crippen LogP contribution in [0.15, 0.2) is 30.3 Å². The van der Waals surface area contributed by atoms with E-state index in [-0.39, 0.29) is 11.2 Å². The number of carbonyl (C=O) groups is 2. The summed E-state index contributed by atoms with van der Waals surface area (Å²) in [4.78, 5) is 23.1. The van der Waals surface area contributed by atoms with Crippen LogP contribution in [0.25, 0.3) is 0 Å². The summed E-state index contributed by atoms with van der Waals surface area (Å²) >= 11 is 1.75. The van der Waals surface area contributed by atoms with Crippen molar-refractivity contribution in [1.82, 2.24) is 10.6 Å². The molecule has 1 aromatic rings. The van der Waals surface area contributed by atoms with Crippen molar-refractivity contribution in [1.29, 1.82) is 0 Å². The van der Waals surface area contributed by atoms with E-state index in [1.165, 1.54) is 0 Å². The molecule has 1 atom stereocenters. The van der Waals surface area contributed by atoms with Crippen LogP contribution >= 0.6 is 11.8 Å². The van der Waals surface area contributed by atoms with Gasteiger partial charge in [0.05, 0.1) is 0 Å². The monoisotopic (exact) mass is 308 g/mol. The molecule has 0 spiro atoms. The molecule has 1 aliphatic carbocycles. The quantitative estimate of drug-likeness (QED) is 0.718. The number of carbonyl (C=O) groups excluding carboxylic acids is 1. The van der Waals surface area contributed by atoms with Crippen LogP contribution in [0.2, 0.25) is 0 Å². The topological polar surface area (TPSA) is 78.4 Å². The number of nitrogens with one attached hydrogen (secondary N) is 2. The van der Waals surface area contributed by atoms with Gasteiger partial charge in [-0.05, 0) is 24.7 Å². The molecule has 0 aromatic heterocycles. The van der Waals surface area contributed by atoms with E-state index in [1.54, 1.807) is 11.8 Å². The number of carboxylic acids is 1. The number of hydrogen-bond donors (Lipinski definition) is 3. The van der Waals surface area contributed by atoms with E-state index in [1.807, 2.05) is 36.6 Å². The number of hydrogen-bond acceptors (Lipinski definition) is 3. The largest absolute Gasteiger partial charge is 0.480 e. The van der Waals surface area contributed by atoms with E-state index < -0.39 is 18.0 Å². The van der Waals surface area contributed by atoms with Crippen LogP contribution in [0.4, 0.5) is 4.79 Å². The predicted molar refractivity (Wildman–Crippen MR) is 83.6 cm³/mol. The summed E-state index contributed by atoms with van der Waals surface area (Å²) in [6.45, 7) is 0.581. The van der Waals surface area contributed by atoms with Crippen molar-refractivity contribution >= 4 is 23.8 Å². The Labute approximate surface area is 128 Å². The second-order valence-electron chi connectivity index (χ2n) is 5.29. The van der Waals surface area contributed by atoms with Crippen molar-refractivity contribution in [3.05, 3.63) is 35.9 Å². The molecule has 6 heteroatoms. The van der Waals surface area contributed by atoms with E-state index in [2.05, 4.69) is 10.6 Å². The van der Waals surface area contributed by atoms with Crippen molar-refractivity contribution in [2.75, 3.05) is 12.8 Å². The molecule has 21 heavy (non-hydrogen) atoms. The summed E-state index contributed by atoms with van der Waals surface area (Å²) in [5.74, 6) is -1.03. The molecule has 0 aliphatic heterocycles. The number of rotatable bonds is 7. The third kappa shape index (κ3) is 4.67. The van der Waals surface area contributed by atoms with Gasteiger partial charge in [0.2, 0.25) is 0 Å². The zero-order chi connectivity index (χ0) is 15.3. The van der Waals surface area contributed by atoms with Gasteiger partial charge in [0.25, 0.3) is 0 Å². The van der Waals surface area contributed by atoms with Gasteiger partial charge < -0.3 is 15.7 Å². The highest BCUT2D eigenvalue weighted by atomic mass is 32.2. The van der Waals surface area contributed by atoms with Crippen molar-refractivity contribution in [3.8, 4) is 0 Å². The average Bonchev–Trinajstić information content (AvgIpc) is 3.26. The lowest BCUT2D eigenvalue weighted by atomic mass is 10.1. The number of amides is 2. The molecule has 0 bridgehead atoms. The minimum absolute atomic E-state index is 0.162. The number of carboxylic acid groups (broad SMARTS) is 1. The first-order chi connectivity index (χ1) is 10.0. The molecule has 0 unspecified atom stereocenters. The number of thioether (sulfide) groups is 1. The van der Waals surface area contributed by atoms with Crippen molar-refractivity contribution in [2.24, 2.45) is 0 Å². The van der Waals surface area contributed by atoms with Crippen LogP contribution in [-0.4, -0.2) is 40.7 Å². The highest BCUT2D eigenvalue weighted by Crippen LogP contribution is 2.46. The third-order valence-electron chi connectivity index (χ3n) is 3.70. The van der Waals surface area contributed by atoms with E-state index >= 15 is 0 Å². The maximum absolute atomic E-state index is 11.8. The molecular weight excluding hydrogens is 288 g/mol. The van der Waals surface area contributed by atoms with E-state index in [0.29, 0.717) is 6.54 Å². The standard InChI is InChI=1S/C15H20N2O3S/c1-21-15(7-8-15)10-16-14(20)17-12(13(18)19)9-11-5-3-2-4-6-11/h2-6,12H,7-10H2,1H3,(H,18,19)(H2,16,17,20)/t12-/m0/s1. The molecule has 3 N–H and O–H groups in total. The molecule has 0 heterocycles. The normalized spacial score (nSPS) is 16.8. The highest BCUT2D eigenvalue weighted by molar-refractivity contribution is 8.00. The first kappa shape index (κ1) is 15.7. The van der Waals surface area contributed by atoms with Crippen molar-refractivity contribution in [2.45, 2.75) is 30.1 Å². The van der Waals surface area contributed by atoms with Crippen LogP contribution < -0.4 is 10.6 Å². The number of aliphatic carboxylic acids is 1. The Morgan fingerprint density at radius 3 is 2.52 bits per heavy atom. The lowest BCUT2D eigenvalue weighted by Gasteiger charge is -2.17. The first-order valence-electron chi connectivity index (χ1n) is 6.91. The molecule has 1 saturated carbocycles. The van der Waals surface area contributed by atoms with Gasteiger partial charge in [-0.2, -0.15) is 11.8 Å². The minimum atomic E-state index is -1.03. The SMILES string of the molecule is CSC1(CNC(=O)N[C@@H](Cc2ccccc2)C(=O)O)CC1. The summed E-state index contributed by atoms with van der Waals surface area (Å²) in [7, 11) is 0. The predicted octanol–water partition coefficient (Wildman–Crippen LogP) is 1.88. The highest BCUT2D eigenvalue weighted by Gasteiger charge is 2.42. The fourth-order valence-corrected chi connectivity index (χ4v) is 2.82. The molecule has 2 amide bonds. The zero-order valence-electron chi connectivity index (χ0n) is 12.0. The minimum Gasteiger partial charge on any atom is -0.480 e. The van der Waals surface area contributed by atoms with Gasteiger partial charge in [0.15, 0.2) is 0 Å². The Morgan fingerprint density at radius 2 is 2.00 bits per heavy atom. The van der Waals surface area contributed by atoms with Gasteiger partial charge in [-0.1, -0.05) is 30.3 Å². The second kappa shape index (κ2) is 6.85. The zero-order valence-corrected chi connectivity index (χ0v) is 12.8. The van der Waals surface area contributed by atoms with Gasteiger partial charge in [0.1, 0.15) is 6.04 Å². The molecule has 0 radical (unpaired) electrons. The first-order valence-corrected chi connectivity index (χ1v) is 8.13. The number of benzene rings is 1. The van der Waals surface area contributed by atoms with Gasteiger partial charge in [-0.25, -0.2) is 9.59 Å². The average molecular weight is 308 g/mol. The molecular formula is C15H20N2O3S. The molecule has 114 valence electrons. The molecule has 1 aromatic carbocycles. The summed E-state index contributed by atoms with van der Waals surface area (Å²) in [6, 6.07) is 7.94. The van der Waals surface area contributed by atoms with Crippen molar-refractivity contribution < 1.29 is 14.7 Å². The maximum Gasteiger partial charge on any atom is 0.326 e. The van der Waals surface area contributed by atoms with Crippen LogP contribution in [-0.2, 0) is 11.2 Å². The van der Waals surface area contributed by atoms with Crippen LogP contribution in [0, 0.1) is 0 Å². The van der Waals surface area contributed by atoms with Crippen LogP contribution in [0.3, 0.4) is 0 Å². The smallest absolute Gasteiger partial charge is 0.326 e. The fourth-order valence-electron chi connectivity index (χ4n) is 2.09. The summed E-state index contributed by atoms with van der Waals surface area (Å²) in [5.41, 5.74) is 0.882. The Hall–Kier alpha value is -1.69. The summed E-state index contributed by atoms with van der Waals surface area (Å²) in [5, 5.41) is 14.5. The van der Waals surface area contributed by atoms with E-state index in [0.717, 1.165) is 18.4 Å². The molecule has 5 nitrogen and oxygen atoms in total. The number of urea groups is 1. The summed E-state index contributed by atoms with van der Waals surface area (Å²) < 4.78 is 0.162. The van der Waals surface area contributed by atoms with E-state index in [4.69, 9.17) is 0 Å². The molecule has 1 aliphatic rings. The molecule has 1 fully saturated rings. The van der Waals surface area contributed by atoms with Gasteiger partial charge in [0, 0.05) is 17.7 Å². The second-order valence-corrected chi connectivity index (χ2v) is 6.57. The fraction of sp³-hybridized carbons (Fsp3) is 0.467. The van der Waals surface area contributed by atoms with Gasteiger partial charge >= 0.3 is 12.0 Å². The third-order valence-corrected chi connectivity index (χ3v) is 5.12. The molecule has 2 rings (SSSR count). The summed E-state index contributed by atoms with van der Waals surface area (Å²) in [6.07, 6.45) is 4.50. The maximum atomic E-state index is 11.8. The Kier molecular flexibility index (Phi) is 5.12. The lowest BCUT2D eigenvalue weighted by molar-refractivity contribution is -0.139. The lowest BCUT2D eigenvalue weighted by Crippen LogP contribution is -2.48. The van der Waals surface area contributed by atoms with E-state index in [9.17, 15) is 14.7 Å². The van der Waals surface area contributed by atoms with Crippen LogP contribution in [0.5, 0.6) is 0 Å². The van der Waals surface area contributed by atoms with Crippen LogP contribution in [0.1, 0.15) is 18.4 Å². The Balaban J connectivity index is 1.84. The van der Waals surface area contributed by atoms with Crippen molar-refractivity contribution in [3.63, 3.8) is 0 Å².